The standard InChI is InChI=1S/C12H16F3N3O2/c1-20-11(19)9-5-4-8(16)10(18-9)17-7-3-2-6-12(13,14)15/h4-5H,2-3,6-7,16H2,1H3,(H,17,18). The Morgan fingerprint density at radius 3 is 2.70 bits per heavy atom. The van der Waals surface area contributed by atoms with E-state index in [0.717, 1.165) is 0 Å². The number of nitrogens with one attached hydrogen (secondary N) is 1. The van der Waals surface area contributed by atoms with Gasteiger partial charge in [0, 0.05) is 13.0 Å². The Labute approximate surface area is 114 Å². The topological polar surface area (TPSA) is 77.2 Å². The van der Waals surface area contributed by atoms with Crippen LogP contribution in [0.4, 0.5) is 24.7 Å². The van der Waals surface area contributed by atoms with Gasteiger partial charge in [-0.15, -0.1) is 0 Å². The van der Waals surface area contributed by atoms with Gasteiger partial charge in [-0.2, -0.15) is 13.2 Å². The molecule has 0 fully saturated rings. The summed E-state index contributed by atoms with van der Waals surface area (Å²) < 4.78 is 40.4. The molecule has 0 aliphatic rings. The number of anilines is 2. The van der Waals surface area contributed by atoms with Crippen LogP contribution in [-0.4, -0.2) is 30.8 Å². The molecule has 0 aromatic carbocycles. The predicted molar refractivity (Wildman–Crippen MR) is 68.4 cm³/mol. The highest BCUT2D eigenvalue weighted by molar-refractivity contribution is 5.88. The van der Waals surface area contributed by atoms with Gasteiger partial charge in [0.05, 0.1) is 12.8 Å². The molecule has 3 N–H and O–H groups in total. The number of hydrogen-bond acceptors (Lipinski definition) is 5. The molecule has 1 rings (SSSR count). The molecule has 0 unspecified atom stereocenters. The summed E-state index contributed by atoms with van der Waals surface area (Å²) in [6.45, 7) is 0.290. The number of carbonyl (C=O) groups is 1. The highest BCUT2D eigenvalue weighted by atomic mass is 19.4. The molecular weight excluding hydrogens is 275 g/mol. The fourth-order valence-corrected chi connectivity index (χ4v) is 1.49. The number of aromatic nitrogens is 1. The third-order valence-electron chi connectivity index (χ3n) is 2.50. The van der Waals surface area contributed by atoms with Crippen molar-refractivity contribution in [1.29, 1.82) is 0 Å². The summed E-state index contributed by atoms with van der Waals surface area (Å²) in [5.41, 5.74) is 6.05. The van der Waals surface area contributed by atoms with Crippen LogP contribution in [0.2, 0.25) is 0 Å². The molecule has 0 atom stereocenters. The molecule has 20 heavy (non-hydrogen) atoms. The molecule has 0 aliphatic carbocycles. The van der Waals surface area contributed by atoms with Crippen molar-refractivity contribution in [2.75, 3.05) is 24.7 Å². The number of halogens is 3. The average molecular weight is 291 g/mol. The normalized spacial score (nSPS) is 11.2. The number of carbonyl (C=O) groups excluding carboxylic acids is 1. The van der Waals surface area contributed by atoms with Crippen molar-refractivity contribution in [2.45, 2.75) is 25.4 Å². The highest BCUT2D eigenvalue weighted by Crippen LogP contribution is 2.22. The third kappa shape index (κ3) is 5.33. The monoisotopic (exact) mass is 291 g/mol. The zero-order valence-corrected chi connectivity index (χ0v) is 11.0. The van der Waals surface area contributed by atoms with E-state index in [9.17, 15) is 18.0 Å². The molecule has 112 valence electrons. The van der Waals surface area contributed by atoms with E-state index in [4.69, 9.17) is 5.73 Å². The van der Waals surface area contributed by atoms with Gasteiger partial charge >= 0.3 is 12.1 Å². The molecule has 1 aromatic rings. The minimum absolute atomic E-state index is 0.0209. The van der Waals surface area contributed by atoms with Crippen LogP contribution >= 0.6 is 0 Å². The largest absolute Gasteiger partial charge is 0.464 e. The fourth-order valence-electron chi connectivity index (χ4n) is 1.49. The molecule has 0 bridgehead atoms. The molecule has 1 heterocycles. The second kappa shape index (κ2) is 6.97. The number of methoxy groups -OCH3 is 1. The molecule has 0 radical (unpaired) electrons. The number of unbranched alkanes of at least 4 members (excludes halogenated alkanes) is 1. The zero-order valence-electron chi connectivity index (χ0n) is 11.0. The van der Waals surface area contributed by atoms with Gasteiger partial charge < -0.3 is 15.8 Å². The first-order valence-electron chi connectivity index (χ1n) is 5.99. The Morgan fingerprint density at radius 2 is 2.10 bits per heavy atom. The van der Waals surface area contributed by atoms with Crippen molar-refractivity contribution in [3.05, 3.63) is 17.8 Å². The Kier molecular flexibility index (Phi) is 5.60. The van der Waals surface area contributed by atoms with Crippen molar-refractivity contribution < 1.29 is 22.7 Å². The van der Waals surface area contributed by atoms with Gasteiger partial charge in [0.15, 0.2) is 5.69 Å². The molecule has 0 amide bonds. The van der Waals surface area contributed by atoms with Gasteiger partial charge in [-0.05, 0) is 25.0 Å². The summed E-state index contributed by atoms with van der Waals surface area (Å²) in [6.07, 6.45) is -4.61. The Balaban J connectivity index is 2.49. The lowest BCUT2D eigenvalue weighted by molar-refractivity contribution is -0.135. The van der Waals surface area contributed by atoms with Crippen LogP contribution < -0.4 is 11.1 Å². The van der Waals surface area contributed by atoms with Gasteiger partial charge in [0.1, 0.15) is 5.82 Å². The first-order chi connectivity index (χ1) is 9.33. The summed E-state index contributed by atoms with van der Waals surface area (Å²) in [4.78, 5) is 15.2. The van der Waals surface area contributed by atoms with Crippen LogP contribution in [0.3, 0.4) is 0 Å². The molecule has 1 aromatic heterocycles. The molecule has 0 saturated carbocycles. The van der Waals surface area contributed by atoms with Crippen LogP contribution in [0, 0.1) is 0 Å². The number of alkyl halides is 3. The summed E-state index contributed by atoms with van der Waals surface area (Å²) in [6, 6.07) is 2.90. The second-order valence-corrected chi connectivity index (χ2v) is 4.12. The van der Waals surface area contributed by atoms with Crippen molar-refractivity contribution in [3.8, 4) is 0 Å². The van der Waals surface area contributed by atoms with Gasteiger partial charge in [-0.25, -0.2) is 9.78 Å². The van der Waals surface area contributed by atoms with E-state index in [1.807, 2.05) is 0 Å². The van der Waals surface area contributed by atoms with E-state index >= 15 is 0 Å². The lowest BCUT2D eigenvalue weighted by Gasteiger charge is -2.10. The van der Waals surface area contributed by atoms with Gasteiger partial charge in [0.2, 0.25) is 0 Å². The van der Waals surface area contributed by atoms with E-state index in [0.29, 0.717) is 12.1 Å². The van der Waals surface area contributed by atoms with Crippen LogP contribution in [0.1, 0.15) is 29.8 Å². The van der Waals surface area contributed by atoms with Crippen molar-refractivity contribution >= 4 is 17.5 Å². The maximum atomic E-state index is 11.9. The molecule has 8 heteroatoms. The van der Waals surface area contributed by atoms with Crippen molar-refractivity contribution in [1.82, 2.24) is 4.98 Å². The van der Waals surface area contributed by atoms with Crippen molar-refractivity contribution in [2.24, 2.45) is 0 Å². The number of nitrogens with zero attached hydrogens (tertiary/aromatic N) is 1. The lowest BCUT2D eigenvalue weighted by Crippen LogP contribution is -2.12. The summed E-state index contributed by atoms with van der Waals surface area (Å²) in [7, 11) is 1.23. The smallest absolute Gasteiger partial charge is 0.389 e. The highest BCUT2D eigenvalue weighted by Gasteiger charge is 2.25. The third-order valence-corrected chi connectivity index (χ3v) is 2.50. The number of pyridine rings is 1. The minimum Gasteiger partial charge on any atom is -0.464 e. The SMILES string of the molecule is COC(=O)c1ccc(N)c(NCCCCC(F)(F)F)n1. The predicted octanol–water partition coefficient (Wildman–Crippen LogP) is 2.59. The van der Waals surface area contributed by atoms with Crippen LogP contribution in [-0.2, 0) is 4.74 Å². The number of esters is 1. The number of hydrogen-bond donors (Lipinski definition) is 2. The molecular formula is C12H16F3N3O2. The summed E-state index contributed by atoms with van der Waals surface area (Å²) >= 11 is 0. The van der Waals surface area contributed by atoms with Gasteiger partial charge in [-0.1, -0.05) is 0 Å². The first kappa shape index (κ1) is 16.1. The van der Waals surface area contributed by atoms with Gasteiger partial charge in [0.25, 0.3) is 0 Å². The molecule has 0 spiro atoms. The summed E-state index contributed by atoms with van der Waals surface area (Å²) in [5.74, 6) is -0.343. The molecule has 0 aliphatic heterocycles. The van der Waals surface area contributed by atoms with Crippen LogP contribution in [0.25, 0.3) is 0 Å². The zero-order chi connectivity index (χ0) is 15.2. The molecule has 5 nitrogen and oxygen atoms in total. The Morgan fingerprint density at radius 1 is 1.40 bits per heavy atom. The average Bonchev–Trinajstić information content (AvgIpc) is 2.38. The number of nitrogens with two attached hydrogens (primary N) is 1. The van der Waals surface area contributed by atoms with E-state index < -0.39 is 18.6 Å². The maximum Gasteiger partial charge on any atom is 0.389 e. The van der Waals surface area contributed by atoms with E-state index in [-0.39, 0.29) is 24.5 Å². The quantitative estimate of drug-likeness (QED) is 0.622. The first-order valence-corrected chi connectivity index (χ1v) is 5.99. The Bertz CT molecular complexity index is 464. The fraction of sp³-hybridized carbons (Fsp3) is 0.500. The van der Waals surface area contributed by atoms with E-state index in [2.05, 4.69) is 15.0 Å². The van der Waals surface area contributed by atoms with Crippen molar-refractivity contribution in [3.63, 3.8) is 0 Å². The second-order valence-electron chi connectivity index (χ2n) is 4.12. The number of ether oxygens (including phenoxy) is 1. The van der Waals surface area contributed by atoms with E-state index in [1.165, 1.54) is 19.2 Å². The van der Waals surface area contributed by atoms with E-state index in [1.54, 1.807) is 0 Å². The number of rotatable bonds is 6. The minimum atomic E-state index is -4.14. The maximum absolute atomic E-state index is 11.9. The number of nitrogen functional groups attached to an aromatic ring is 1. The lowest BCUT2D eigenvalue weighted by atomic mass is 10.2. The molecule has 0 saturated heterocycles. The summed E-state index contributed by atoms with van der Waals surface area (Å²) in [5, 5.41) is 2.81. The van der Waals surface area contributed by atoms with Gasteiger partial charge in [-0.3, -0.25) is 0 Å². The van der Waals surface area contributed by atoms with Crippen LogP contribution in [0.5, 0.6) is 0 Å². The van der Waals surface area contributed by atoms with Crippen LogP contribution in [0.15, 0.2) is 12.1 Å². The Hall–Kier alpha value is -1.99.